The van der Waals surface area contributed by atoms with Gasteiger partial charge in [0.1, 0.15) is 11.4 Å². The molecule has 1 aromatic carbocycles. The van der Waals surface area contributed by atoms with Crippen LogP contribution in [0, 0.1) is 10.8 Å². The van der Waals surface area contributed by atoms with Gasteiger partial charge in [-0.15, -0.1) is 22.7 Å². The molecule has 15 heteroatoms. The second kappa shape index (κ2) is 12.3. The lowest BCUT2D eigenvalue weighted by molar-refractivity contribution is 0.752. The van der Waals surface area contributed by atoms with Gasteiger partial charge < -0.3 is 32.7 Å². The second-order valence-electron chi connectivity index (χ2n) is 7.14. The molecule has 10 N–H and O–H groups in total. The molecule has 12 nitrogen and oxygen atoms in total. The summed E-state index contributed by atoms with van der Waals surface area (Å²) >= 11 is 4.43. The minimum Gasteiger partial charge on any atom is -0.380 e. The first-order chi connectivity index (χ1) is 16.3. The number of nitrogens with one attached hydrogen (secondary N) is 6. The molecule has 182 valence electrons. The van der Waals surface area contributed by atoms with Gasteiger partial charge in [0.15, 0.2) is 22.2 Å². The van der Waals surface area contributed by atoms with Crippen LogP contribution in [0.15, 0.2) is 20.3 Å². The van der Waals surface area contributed by atoms with E-state index < -0.39 is 10.9 Å². The van der Waals surface area contributed by atoms with Crippen molar-refractivity contribution in [2.75, 3.05) is 40.1 Å². The number of nitrogens with zero attached hydrogens (tertiary/aromatic N) is 2. The first kappa shape index (κ1) is 25.5. The van der Waals surface area contributed by atoms with Gasteiger partial charge in [0.25, 0.3) is 10.9 Å². The zero-order valence-corrected chi connectivity index (χ0v) is 20.6. The third-order valence-corrected chi connectivity index (χ3v) is 7.06. The summed E-state index contributed by atoms with van der Waals surface area (Å²) in [6.45, 7) is 1.13. The molecule has 0 saturated heterocycles. The molecule has 0 unspecified atom stereocenters. The summed E-state index contributed by atoms with van der Waals surface area (Å²) in [5.41, 5.74) is 12.1. The maximum atomic E-state index is 11.9. The molecule has 0 bridgehead atoms. The molecular formula is C19H26N10O2S3. The third kappa shape index (κ3) is 7.43. The number of aromatic nitrogens is 2. The van der Waals surface area contributed by atoms with E-state index in [1.54, 1.807) is 11.8 Å². The van der Waals surface area contributed by atoms with Crippen LogP contribution in [0.2, 0.25) is 0 Å². The SMILES string of the molecule is N=C(N)Nc1nc(CCCCNc2c(NCCSCc3csc(NC(=N)N)n3)c(=O)c2=O)cs1. The fourth-order valence-electron chi connectivity index (χ4n) is 2.94. The van der Waals surface area contributed by atoms with Crippen molar-refractivity contribution in [2.24, 2.45) is 11.5 Å². The minimum atomic E-state index is -0.486. The number of anilines is 4. The molecule has 0 spiro atoms. The Morgan fingerprint density at radius 3 is 2.06 bits per heavy atom. The molecule has 0 atom stereocenters. The lowest BCUT2D eigenvalue weighted by Gasteiger charge is -2.14. The minimum absolute atomic E-state index is 0.141. The molecule has 0 fully saturated rings. The molecule has 0 radical (unpaired) electrons. The van der Waals surface area contributed by atoms with Crippen LogP contribution in [0.25, 0.3) is 0 Å². The number of nitrogens with two attached hydrogens (primary N) is 2. The molecule has 2 aromatic heterocycles. The van der Waals surface area contributed by atoms with E-state index in [-0.39, 0.29) is 11.9 Å². The van der Waals surface area contributed by atoms with Crippen molar-refractivity contribution in [2.45, 2.75) is 25.0 Å². The van der Waals surface area contributed by atoms with E-state index in [0.29, 0.717) is 40.5 Å². The molecule has 0 aliphatic carbocycles. The number of thioether (sulfide) groups is 1. The Balaban J connectivity index is 1.32. The van der Waals surface area contributed by atoms with Crippen molar-refractivity contribution in [1.29, 1.82) is 10.8 Å². The Hall–Kier alpha value is -3.17. The van der Waals surface area contributed by atoms with Gasteiger partial charge in [0.2, 0.25) is 0 Å². The standard InChI is InChI=1S/C19H26N10O2S3/c20-16(21)28-18-26-10(8-33-18)3-1-2-4-24-12-13(15(31)14(12)30)25-5-6-32-7-11-9-34-19(27-11)29-17(22)23/h8-9,24-25H,1-7H2,(H4,20,21,26,28)(H4,22,23,27,29). The monoisotopic (exact) mass is 522 g/mol. The molecule has 0 aliphatic rings. The zero-order valence-electron chi connectivity index (χ0n) is 18.2. The van der Waals surface area contributed by atoms with Crippen molar-refractivity contribution in [1.82, 2.24) is 9.97 Å². The third-order valence-electron chi connectivity index (χ3n) is 4.46. The molecule has 3 aromatic rings. The Morgan fingerprint density at radius 1 is 0.882 bits per heavy atom. The summed E-state index contributed by atoms with van der Waals surface area (Å²) < 4.78 is 0. The van der Waals surface area contributed by atoms with E-state index in [4.69, 9.17) is 22.3 Å². The van der Waals surface area contributed by atoms with E-state index in [2.05, 4.69) is 31.2 Å². The van der Waals surface area contributed by atoms with Crippen molar-refractivity contribution in [3.8, 4) is 0 Å². The highest BCUT2D eigenvalue weighted by Gasteiger charge is 2.19. The fraction of sp³-hybridized carbons (Fsp3) is 0.368. The predicted octanol–water partition coefficient (Wildman–Crippen LogP) is 1.59. The van der Waals surface area contributed by atoms with Gasteiger partial charge in [-0.25, -0.2) is 9.97 Å². The zero-order chi connectivity index (χ0) is 24.5. The number of hydrogen-bond donors (Lipinski definition) is 8. The highest BCUT2D eigenvalue weighted by molar-refractivity contribution is 7.98. The summed E-state index contributed by atoms with van der Waals surface area (Å²) in [6.07, 6.45) is 2.46. The molecule has 3 rings (SSSR count). The average molecular weight is 523 g/mol. The lowest BCUT2D eigenvalue weighted by atomic mass is 10.1. The maximum absolute atomic E-state index is 11.9. The van der Waals surface area contributed by atoms with Crippen LogP contribution >= 0.6 is 34.4 Å². The normalized spacial score (nSPS) is 10.8. The van der Waals surface area contributed by atoms with Crippen LogP contribution in [0.5, 0.6) is 0 Å². The molecule has 0 saturated carbocycles. The molecular weight excluding hydrogens is 496 g/mol. The van der Waals surface area contributed by atoms with E-state index in [1.165, 1.54) is 22.7 Å². The largest absolute Gasteiger partial charge is 0.380 e. The first-order valence-corrected chi connectivity index (χ1v) is 13.2. The number of rotatable bonds is 14. The number of guanidine groups is 2. The lowest BCUT2D eigenvalue weighted by Crippen LogP contribution is -2.38. The van der Waals surface area contributed by atoms with Crippen LogP contribution < -0.4 is 43.6 Å². The van der Waals surface area contributed by atoms with Crippen molar-refractivity contribution in [3.05, 3.63) is 42.6 Å². The maximum Gasteiger partial charge on any atom is 0.253 e. The number of aryl methyl sites for hydroxylation is 1. The van der Waals surface area contributed by atoms with Crippen LogP contribution in [0.1, 0.15) is 24.2 Å². The van der Waals surface area contributed by atoms with Crippen LogP contribution in [0.3, 0.4) is 0 Å². The first-order valence-electron chi connectivity index (χ1n) is 10.3. The Labute approximate surface area is 207 Å². The predicted molar refractivity (Wildman–Crippen MR) is 143 cm³/mol. The van der Waals surface area contributed by atoms with Gasteiger partial charge in [0.05, 0.1) is 11.4 Å². The summed E-state index contributed by atoms with van der Waals surface area (Å²) in [5, 5.41) is 30.9. The Kier molecular flexibility index (Phi) is 9.24. The molecule has 0 amide bonds. The van der Waals surface area contributed by atoms with E-state index in [9.17, 15) is 9.59 Å². The van der Waals surface area contributed by atoms with Crippen LogP contribution in [-0.4, -0.2) is 40.7 Å². The van der Waals surface area contributed by atoms with E-state index >= 15 is 0 Å². The number of hydrogen-bond acceptors (Lipinski definition) is 11. The van der Waals surface area contributed by atoms with Gasteiger partial charge in [0, 0.05) is 35.4 Å². The second-order valence-corrected chi connectivity index (χ2v) is 9.96. The van der Waals surface area contributed by atoms with Crippen molar-refractivity contribution >= 4 is 68.0 Å². The summed E-state index contributed by atoms with van der Waals surface area (Å²) in [6, 6.07) is 0. The smallest absolute Gasteiger partial charge is 0.253 e. The summed E-state index contributed by atoms with van der Waals surface area (Å²) in [5.74, 6) is 1.14. The van der Waals surface area contributed by atoms with Crippen molar-refractivity contribution in [3.63, 3.8) is 0 Å². The van der Waals surface area contributed by atoms with Crippen LogP contribution in [0.4, 0.5) is 21.6 Å². The molecule has 2 heterocycles. The highest BCUT2D eigenvalue weighted by atomic mass is 32.2. The summed E-state index contributed by atoms with van der Waals surface area (Å²) in [7, 11) is 0. The fourth-order valence-corrected chi connectivity index (χ4v) is 5.27. The Bertz CT molecular complexity index is 1110. The van der Waals surface area contributed by atoms with Gasteiger partial charge in [-0.3, -0.25) is 20.4 Å². The van der Waals surface area contributed by atoms with E-state index in [1.807, 2.05) is 10.8 Å². The van der Waals surface area contributed by atoms with Crippen LogP contribution in [-0.2, 0) is 12.2 Å². The Morgan fingerprint density at radius 2 is 1.44 bits per heavy atom. The van der Waals surface area contributed by atoms with Gasteiger partial charge in [-0.05, 0) is 19.3 Å². The van der Waals surface area contributed by atoms with E-state index in [0.717, 1.165) is 36.4 Å². The quantitative estimate of drug-likeness (QED) is 0.0659. The number of unbranched alkanes of at least 4 members (excludes halogenated alkanes) is 1. The highest BCUT2D eigenvalue weighted by Crippen LogP contribution is 2.20. The molecule has 34 heavy (non-hydrogen) atoms. The summed E-state index contributed by atoms with van der Waals surface area (Å²) in [4.78, 5) is 32.5. The topological polar surface area (TPSA) is 208 Å². The van der Waals surface area contributed by atoms with Gasteiger partial charge in [-0.1, -0.05) is 0 Å². The van der Waals surface area contributed by atoms with Gasteiger partial charge in [-0.2, -0.15) is 11.8 Å². The van der Waals surface area contributed by atoms with Gasteiger partial charge >= 0.3 is 0 Å². The molecule has 0 aliphatic heterocycles. The number of thiazole rings is 2. The van der Waals surface area contributed by atoms with Crippen molar-refractivity contribution < 1.29 is 0 Å². The average Bonchev–Trinajstić information content (AvgIpc) is 3.41.